The molecule has 2 N–H and O–H groups in total. The van der Waals surface area contributed by atoms with Crippen molar-refractivity contribution in [3.05, 3.63) is 64.1 Å². The second-order valence-electron chi connectivity index (χ2n) is 4.91. The summed E-state index contributed by atoms with van der Waals surface area (Å²) in [6, 6.07) is 10.7. The molecule has 114 valence electrons. The van der Waals surface area contributed by atoms with Gasteiger partial charge in [0.05, 0.1) is 5.69 Å². The van der Waals surface area contributed by atoms with Gasteiger partial charge in [-0.2, -0.15) is 0 Å². The number of ketones is 1. The minimum atomic E-state index is -1.21. The van der Waals surface area contributed by atoms with Crippen LogP contribution in [0.2, 0.25) is 0 Å². The van der Waals surface area contributed by atoms with Crippen molar-refractivity contribution >= 4 is 39.3 Å². The second-order valence-corrected chi connectivity index (χ2v) is 5.77. The minimum Gasteiger partial charge on any atom is -0.478 e. The average molecular weight is 372 g/mol. The first kappa shape index (κ1) is 15.2. The number of rotatable bonds is 3. The highest BCUT2D eigenvalue weighted by Gasteiger charge is 2.27. The van der Waals surface area contributed by atoms with Gasteiger partial charge in [0.15, 0.2) is 5.78 Å². The van der Waals surface area contributed by atoms with Crippen LogP contribution in [0.25, 0.3) is 11.1 Å². The standard InChI is InChI=1S/C17H10BrNO4/c18-13-7-11-9-3-1-2-4-10(9)17(23)12(11)8-14(13)19-15(20)5-6-16(21)22/h1-8H,(H,19,20)(H,21,22). The number of carboxylic acids is 1. The molecule has 0 aliphatic heterocycles. The van der Waals surface area contributed by atoms with E-state index < -0.39 is 11.9 Å². The largest absolute Gasteiger partial charge is 0.478 e. The van der Waals surface area contributed by atoms with Gasteiger partial charge in [-0.3, -0.25) is 9.59 Å². The van der Waals surface area contributed by atoms with E-state index in [-0.39, 0.29) is 5.78 Å². The van der Waals surface area contributed by atoms with Gasteiger partial charge in [0.25, 0.3) is 0 Å². The lowest BCUT2D eigenvalue weighted by Crippen LogP contribution is -2.10. The number of benzene rings is 2. The molecule has 0 spiro atoms. The van der Waals surface area contributed by atoms with Crippen LogP contribution >= 0.6 is 15.9 Å². The molecule has 1 aliphatic rings. The Morgan fingerprint density at radius 2 is 1.70 bits per heavy atom. The van der Waals surface area contributed by atoms with Crippen molar-refractivity contribution in [3.63, 3.8) is 0 Å². The zero-order valence-corrected chi connectivity index (χ0v) is 13.3. The SMILES string of the molecule is O=C(O)C=CC(=O)Nc1cc2c(cc1Br)-c1ccccc1C2=O. The Hall–Kier alpha value is -2.73. The van der Waals surface area contributed by atoms with Crippen molar-refractivity contribution in [1.82, 2.24) is 0 Å². The first-order valence-electron chi connectivity index (χ1n) is 6.67. The summed E-state index contributed by atoms with van der Waals surface area (Å²) >= 11 is 3.36. The van der Waals surface area contributed by atoms with Gasteiger partial charge in [-0.05, 0) is 39.2 Å². The lowest BCUT2D eigenvalue weighted by Gasteiger charge is -2.08. The molecule has 6 heteroatoms. The molecule has 0 atom stereocenters. The van der Waals surface area contributed by atoms with E-state index in [2.05, 4.69) is 21.2 Å². The maximum atomic E-state index is 12.4. The van der Waals surface area contributed by atoms with Crippen LogP contribution in [0.5, 0.6) is 0 Å². The molecule has 0 unspecified atom stereocenters. The van der Waals surface area contributed by atoms with Crippen LogP contribution in [0.3, 0.4) is 0 Å². The van der Waals surface area contributed by atoms with Crippen LogP contribution in [0.15, 0.2) is 53.0 Å². The van der Waals surface area contributed by atoms with Gasteiger partial charge in [0.2, 0.25) is 5.91 Å². The third-order valence-corrected chi connectivity index (χ3v) is 4.10. The first-order chi connectivity index (χ1) is 11.0. The Morgan fingerprint density at radius 1 is 1.00 bits per heavy atom. The zero-order chi connectivity index (χ0) is 16.6. The molecular weight excluding hydrogens is 362 g/mol. The van der Waals surface area contributed by atoms with Gasteiger partial charge >= 0.3 is 5.97 Å². The highest BCUT2D eigenvalue weighted by Crippen LogP contribution is 2.40. The Morgan fingerprint density at radius 3 is 2.39 bits per heavy atom. The summed E-state index contributed by atoms with van der Waals surface area (Å²) in [5.74, 6) is -1.89. The molecule has 0 bridgehead atoms. The Labute approximate surface area is 139 Å². The zero-order valence-electron chi connectivity index (χ0n) is 11.7. The number of carboxylic acid groups (broad SMARTS) is 1. The summed E-state index contributed by atoms with van der Waals surface area (Å²) < 4.78 is 0.609. The van der Waals surface area contributed by atoms with E-state index in [1.54, 1.807) is 24.3 Å². The van der Waals surface area contributed by atoms with E-state index in [9.17, 15) is 14.4 Å². The molecule has 23 heavy (non-hydrogen) atoms. The maximum Gasteiger partial charge on any atom is 0.328 e. The summed E-state index contributed by atoms with van der Waals surface area (Å²) in [5, 5.41) is 11.1. The highest BCUT2D eigenvalue weighted by atomic mass is 79.9. The normalized spacial score (nSPS) is 12.1. The Balaban J connectivity index is 1.97. The summed E-state index contributed by atoms with van der Waals surface area (Å²) in [5.41, 5.74) is 3.20. The molecule has 0 radical (unpaired) electrons. The smallest absolute Gasteiger partial charge is 0.328 e. The van der Waals surface area contributed by atoms with Crippen LogP contribution in [0, 0.1) is 0 Å². The van der Waals surface area contributed by atoms with Crippen molar-refractivity contribution in [2.45, 2.75) is 0 Å². The van der Waals surface area contributed by atoms with Gasteiger partial charge in [-0.15, -0.1) is 0 Å². The molecule has 2 aromatic rings. The summed E-state index contributed by atoms with van der Waals surface area (Å²) in [6.45, 7) is 0. The van der Waals surface area contributed by atoms with Crippen LogP contribution < -0.4 is 5.32 Å². The summed E-state index contributed by atoms with van der Waals surface area (Å²) in [7, 11) is 0. The lowest BCUT2D eigenvalue weighted by molar-refractivity contribution is -0.131. The molecule has 0 aromatic heterocycles. The predicted octanol–water partition coefficient (Wildman–Crippen LogP) is 3.24. The molecule has 0 heterocycles. The highest BCUT2D eigenvalue weighted by molar-refractivity contribution is 9.10. The van der Waals surface area contributed by atoms with Crippen LogP contribution in [0.4, 0.5) is 5.69 Å². The molecule has 0 saturated heterocycles. The van der Waals surface area contributed by atoms with E-state index in [1.165, 1.54) is 0 Å². The molecular formula is C17H10BrNO4. The third kappa shape index (κ3) is 2.80. The van der Waals surface area contributed by atoms with E-state index in [1.807, 2.05) is 12.1 Å². The quantitative estimate of drug-likeness (QED) is 0.692. The molecule has 1 amide bonds. The number of anilines is 1. The molecule has 3 rings (SSSR count). The van der Waals surface area contributed by atoms with Crippen molar-refractivity contribution in [3.8, 4) is 11.1 Å². The number of fused-ring (bicyclic) bond motifs is 3. The van der Waals surface area contributed by atoms with Crippen molar-refractivity contribution in [2.24, 2.45) is 0 Å². The van der Waals surface area contributed by atoms with Gasteiger partial charge in [0, 0.05) is 27.8 Å². The number of halogens is 1. The van der Waals surface area contributed by atoms with E-state index in [0.717, 1.165) is 23.3 Å². The molecule has 2 aromatic carbocycles. The van der Waals surface area contributed by atoms with Gasteiger partial charge in [0.1, 0.15) is 0 Å². The van der Waals surface area contributed by atoms with Gasteiger partial charge in [-0.1, -0.05) is 24.3 Å². The summed E-state index contributed by atoms with van der Waals surface area (Å²) in [4.78, 5) is 34.6. The fourth-order valence-electron chi connectivity index (χ4n) is 2.46. The van der Waals surface area contributed by atoms with E-state index >= 15 is 0 Å². The minimum absolute atomic E-state index is 0.0975. The number of hydrogen-bond acceptors (Lipinski definition) is 3. The third-order valence-electron chi connectivity index (χ3n) is 3.45. The monoisotopic (exact) mass is 371 g/mol. The van der Waals surface area contributed by atoms with E-state index in [4.69, 9.17) is 5.11 Å². The Bertz CT molecular complexity index is 886. The fraction of sp³-hybridized carbons (Fsp3) is 0. The van der Waals surface area contributed by atoms with Gasteiger partial charge < -0.3 is 10.4 Å². The predicted molar refractivity (Wildman–Crippen MR) is 88.4 cm³/mol. The average Bonchev–Trinajstić information content (AvgIpc) is 2.79. The topological polar surface area (TPSA) is 83.5 Å². The molecule has 1 aliphatic carbocycles. The lowest BCUT2D eigenvalue weighted by atomic mass is 10.1. The van der Waals surface area contributed by atoms with Crippen LogP contribution in [-0.2, 0) is 9.59 Å². The van der Waals surface area contributed by atoms with Crippen molar-refractivity contribution < 1.29 is 19.5 Å². The number of hydrogen-bond donors (Lipinski definition) is 2. The molecule has 0 fully saturated rings. The number of amides is 1. The van der Waals surface area contributed by atoms with Crippen LogP contribution in [-0.4, -0.2) is 22.8 Å². The maximum absolute atomic E-state index is 12.4. The van der Waals surface area contributed by atoms with E-state index in [0.29, 0.717) is 21.3 Å². The van der Waals surface area contributed by atoms with Crippen molar-refractivity contribution in [2.75, 3.05) is 5.32 Å². The number of carbonyl (C=O) groups is 3. The molecule has 5 nitrogen and oxygen atoms in total. The Kier molecular flexibility index (Phi) is 3.83. The van der Waals surface area contributed by atoms with Crippen molar-refractivity contribution in [1.29, 1.82) is 0 Å². The summed E-state index contributed by atoms with van der Waals surface area (Å²) in [6.07, 6.45) is 1.66. The number of aliphatic carboxylic acids is 1. The molecule has 0 saturated carbocycles. The second kappa shape index (κ2) is 5.81. The fourth-order valence-corrected chi connectivity index (χ4v) is 2.90. The number of nitrogens with one attached hydrogen (secondary N) is 1. The van der Waals surface area contributed by atoms with Crippen LogP contribution in [0.1, 0.15) is 15.9 Å². The van der Waals surface area contributed by atoms with Gasteiger partial charge in [-0.25, -0.2) is 4.79 Å². The first-order valence-corrected chi connectivity index (χ1v) is 7.46. The number of carbonyl (C=O) groups excluding carboxylic acids is 2.